The lowest BCUT2D eigenvalue weighted by Crippen LogP contribution is -2.45. The summed E-state index contributed by atoms with van der Waals surface area (Å²) in [6, 6.07) is 4.17. The molecule has 2 heterocycles. The molecular formula is C15H23ClN2O4. The van der Waals surface area contributed by atoms with Gasteiger partial charge in [0.1, 0.15) is 0 Å². The molecule has 1 aromatic rings. The highest BCUT2D eigenvalue weighted by Crippen LogP contribution is 2.44. The van der Waals surface area contributed by atoms with E-state index in [1.54, 1.807) is 7.11 Å². The SMILES string of the molecule is COc1cc([C@H](CCO)N2CCNCC2)cc2c1OCO2.Cl. The molecule has 1 saturated heterocycles. The van der Waals surface area contributed by atoms with Gasteiger partial charge < -0.3 is 24.6 Å². The molecule has 1 aromatic carbocycles. The maximum atomic E-state index is 9.42. The Kier molecular flexibility index (Phi) is 6.14. The Morgan fingerprint density at radius 2 is 2.09 bits per heavy atom. The third-order valence-electron chi connectivity index (χ3n) is 4.06. The van der Waals surface area contributed by atoms with Crippen LogP contribution in [-0.4, -0.2) is 56.7 Å². The minimum Gasteiger partial charge on any atom is -0.493 e. The predicted octanol–water partition coefficient (Wildman–Crippen LogP) is 1.17. The van der Waals surface area contributed by atoms with Crippen LogP contribution in [0.3, 0.4) is 0 Å². The van der Waals surface area contributed by atoms with Crippen LogP contribution in [0.15, 0.2) is 12.1 Å². The molecule has 2 aliphatic rings. The summed E-state index contributed by atoms with van der Waals surface area (Å²) in [7, 11) is 1.63. The molecule has 0 unspecified atom stereocenters. The normalized spacial score (nSPS) is 18.6. The number of hydrogen-bond donors (Lipinski definition) is 2. The molecule has 2 N–H and O–H groups in total. The van der Waals surface area contributed by atoms with Crippen LogP contribution in [0.2, 0.25) is 0 Å². The predicted molar refractivity (Wildman–Crippen MR) is 85.3 cm³/mol. The molecule has 6 nitrogen and oxygen atoms in total. The van der Waals surface area contributed by atoms with Crippen molar-refractivity contribution in [3.8, 4) is 17.2 Å². The summed E-state index contributed by atoms with van der Waals surface area (Å²) in [5.74, 6) is 2.09. The summed E-state index contributed by atoms with van der Waals surface area (Å²) in [6.07, 6.45) is 0.697. The van der Waals surface area contributed by atoms with Crippen molar-refractivity contribution < 1.29 is 19.3 Å². The summed E-state index contributed by atoms with van der Waals surface area (Å²) >= 11 is 0. The minimum absolute atomic E-state index is 0. The molecule has 2 aliphatic heterocycles. The third kappa shape index (κ3) is 3.41. The van der Waals surface area contributed by atoms with Gasteiger partial charge in [0.2, 0.25) is 12.5 Å². The van der Waals surface area contributed by atoms with Crippen molar-refractivity contribution >= 4 is 12.4 Å². The minimum atomic E-state index is 0. The fourth-order valence-corrected chi connectivity index (χ4v) is 3.02. The molecule has 0 saturated carbocycles. The fraction of sp³-hybridized carbons (Fsp3) is 0.600. The third-order valence-corrected chi connectivity index (χ3v) is 4.06. The lowest BCUT2D eigenvalue weighted by atomic mass is 10.0. The van der Waals surface area contributed by atoms with Crippen LogP contribution in [-0.2, 0) is 0 Å². The molecule has 0 radical (unpaired) electrons. The number of methoxy groups -OCH3 is 1. The molecule has 3 rings (SSSR count). The van der Waals surface area contributed by atoms with Gasteiger partial charge in [-0.25, -0.2) is 0 Å². The van der Waals surface area contributed by atoms with E-state index in [1.807, 2.05) is 12.1 Å². The molecule has 1 fully saturated rings. The topological polar surface area (TPSA) is 63.2 Å². The molecule has 0 amide bonds. The van der Waals surface area contributed by atoms with Crippen LogP contribution in [0.25, 0.3) is 0 Å². The van der Waals surface area contributed by atoms with Crippen molar-refractivity contribution in [2.75, 3.05) is 46.7 Å². The van der Waals surface area contributed by atoms with Crippen LogP contribution >= 0.6 is 12.4 Å². The van der Waals surface area contributed by atoms with Gasteiger partial charge >= 0.3 is 0 Å². The molecule has 124 valence electrons. The summed E-state index contributed by atoms with van der Waals surface area (Å²) in [4.78, 5) is 2.39. The van der Waals surface area contributed by atoms with Gasteiger partial charge in [-0.05, 0) is 24.1 Å². The Balaban J connectivity index is 0.00000176. The average Bonchev–Trinajstić information content (AvgIpc) is 3.01. The first-order chi connectivity index (χ1) is 10.3. The van der Waals surface area contributed by atoms with E-state index in [-0.39, 0.29) is 31.8 Å². The quantitative estimate of drug-likeness (QED) is 0.845. The summed E-state index contributed by atoms with van der Waals surface area (Å²) in [5.41, 5.74) is 1.10. The van der Waals surface area contributed by atoms with E-state index >= 15 is 0 Å². The van der Waals surface area contributed by atoms with Crippen molar-refractivity contribution in [3.05, 3.63) is 17.7 Å². The zero-order valence-corrected chi connectivity index (χ0v) is 13.5. The van der Waals surface area contributed by atoms with Gasteiger partial charge in [-0.3, -0.25) is 4.90 Å². The van der Waals surface area contributed by atoms with E-state index in [4.69, 9.17) is 14.2 Å². The number of rotatable bonds is 5. The van der Waals surface area contributed by atoms with Gasteiger partial charge in [0.15, 0.2) is 11.5 Å². The van der Waals surface area contributed by atoms with Crippen LogP contribution in [0.5, 0.6) is 17.2 Å². The first-order valence-electron chi connectivity index (χ1n) is 7.36. The lowest BCUT2D eigenvalue weighted by Gasteiger charge is -2.35. The highest BCUT2D eigenvalue weighted by atomic mass is 35.5. The van der Waals surface area contributed by atoms with Crippen molar-refractivity contribution in [2.24, 2.45) is 0 Å². The fourth-order valence-electron chi connectivity index (χ4n) is 3.02. The van der Waals surface area contributed by atoms with Gasteiger partial charge in [-0.15, -0.1) is 12.4 Å². The molecule has 0 bridgehead atoms. The number of halogens is 1. The monoisotopic (exact) mass is 330 g/mol. The van der Waals surface area contributed by atoms with E-state index in [0.29, 0.717) is 17.9 Å². The number of ether oxygens (including phenoxy) is 3. The number of fused-ring (bicyclic) bond motifs is 1. The molecular weight excluding hydrogens is 308 g/mol. The highest BCUT2D eigenvalue weighted by molar-refractivity contribution is 5.85. The number of nitrogens with zero attached hydrogens (tertiary/aromatic N) is 1. The first kappa shape index (κ1) is 17.1. The number of hydrogen-bond acceptors (Lipinski definition) is 6. The lowest BCUT2D eigenvalue weighted by molar-refractivity contribution is 0.140. The van der Waals surface area contributed by atoms with Crippen molar-refractivity contribution in [2.45, 2.75) is 12.5 Å². The van der Waals surface area contributed by atoms with E-state index in [0.717, 1.165) is 37.5 Å². The summed E-state index contributed by atoms with van der Waals surface area (Å²) < 4.78 is 16.4. The zero-order valence-electron chi connectivity index (χ0n) is 12.7. The number of piperazine rings is 1. The Morgan fingerprint density at radius 3 is 2.77 bits per heavy atom. The van der Waals surface area contributed by atoms with Crippen LogP contribution < -0.4 is 19.5 Å². The van der Waals surface area contributed by atoms with Gasteiger partial charge in [-0.1, -0.05) is 0 Å². The van der Waals surface area contributed by atoms with Gasteiger partial charge in [0.05, 0.1) is 7.11 Å². The van der Waals surface area contributed by atoms with E-state index in [1.165, 1.54) is 0 Å². The Bertz CT molecular complexity index is 495. The van der Waals surface area contributed by atoms with Crippen LogP contribution in [0, 0.1) is 0 Å². The number of nitrogens with one attached hydrogen (secondary N) is 1. The molecule has 0 aromatic heterocycles. The van der Waals surface area contributed by atoms with Gasteiger partial charge in [-0.2, -0.15) is 0 Å². The Hall–Kier alpha value is -1.21. The maximum absolute atomic E-state index is 9.42. The second-order valence-corrected chi connectivity index (χ2v) is 5.27. The van der Waals surface area contributed by atoms with Gasteiger partial charge in [0.25, 0.3) is 0 Å². The largest absolute Gasteiger partial charge is 0.493 e. The van der Waals surface area contributed by atoms with Crippen molar-refractivity contribution in [1.29, 1.82) is 0 Å². The second kappa shape index (κ2) is 7.87. The summed E-state index contributed by atoms with van der Waals surface area (Å²) in [5, 5.41) is 12.8. The maximum Gasteiger partial charge on any atom is 0.231 e. The van der Waals surface area contributed by atoms with E-state index in [2.05, 4.69) is 10.2 Å². The second-order valence-electron chi connectivity index (χ2n) is 5.27. The molecule has 22 heavy (non-hydrogen) atoms. The molecule has 7 heteroatoms. The number of aliphatic hydroxyl groups is 1. The van der Waals surface area contributed by atoms with E-state index in [9.17, 15) is 5.11 Å². The van der Waals surface area contributed by atoms with Crippen molar-refractivity contribution in [3.63, 3.8) is 0 Å². The van der Waals surface area contributed by atoms with E-state index < -0.39 is 0 Å². The Labute approximate surface area is 136 Å². The van der Waals surface area contributed by atoms with Crippen LogP contribution in [0.4, 0.5) is 0 Å². The standard InChI is InChI=1S/C15H22N2O4.ClH/c1-19-13-8-11(9-14-15(13)21-10-20-14)12(2-7-18)17-5-3-16-4-6-17;/h8-9,12,16,18H,2-7,10H2,1H3;1H/t12-;/m0./s1. The smallest absolute Gasteiger partial charge is 0.231 e. The Morgan fingerprint density at radius 1 is 1.32 bits per heavy atom. The average molecular weight is 331 g/mol. The zero-order chi connectivity index (χ0) is 14.7. The van der Waals surface area contributed by atoms with Gasteiger partial charge in [0, 0.05) is 38.8 Å². The number of aliphatic hydroxyl groups excluding tert-OH is 1. The summed E-state index contributed by atoms with van der Waals surface area (Å²) in [6.45, 7) is 4.29. The number of benzene rings is 1. The van der Waals surface area contributed by atoms with Crippen molar-refractivity contribution in [1.82, 2.24) is 10.2 Å². The molecule has 0 aliphatic carbocycles. The highest BCUT2D eigenvalue weighted by Gasteiger charge is 2.26. The molecule has 1 atom stereocenters. The van der Waals surface area contributed by atoms with Crippen LogP contribution in [0.1, 0.15) is 18.0 Å². The first-order valence-corrected chi connectivity index (χ1v) is 7.36. The molecule has 0 spiro atoms.